The number of rotatable bonds is 3. The van der Waals surface area contributed by atoms with Gasteiger partial charge in [-0.15, -0.1) is 0 Å². The fourth-order valence-corrected chi connectivity index (χ4v) is 0.496. The van der Waals surface area contributed by atoms with Crippen LogP contribution in [0, 0.1) is 0 Å². The minimum atomic E-state index is -0.652. The van der Waals surface area contributed by atoms with Crippen LogP contribution in [0.3, 0.4) is 0 Å². The van der Waals surface area contributed by atoms with Gasteiger partial charge in [-0.1, -0.05) is 19.2 Å². The van der Waals surface area contributed by atoms with Gasteiger partial charge in [-0.05, 0) is 19.1 Å². The first-order chi connectivity index (χ1) is 5.13. The van der Waals surface area contributed by atoms with Gasteiger partial charge >= 0.3 is 0 Å². The van der Waals surface area contributed by atoms with Crippen molar-refractivity contribution < 1.29 is 8.78 Å². The van der Waals surface area contributed by atoms with Crippen LogP contribution in [0.1, 0.15) is 6.92 Å². The zero-order chi connectivity index (χ0) is 8.85. The first-order valence-corrected chi connectivity index (χ1v) is 3.11. The highest BCUT2D eigenvalue weighted by atomic mass is 19.1. The van der Waals surface area contributed by atoms with E-state index in [0.29, 0.717) is 0 Å². The molecule has 0 radical (unpaired) electrons. The number of halogens is 2. The molecule has 0 atom stereocenters. The van der Waals surface area contributed by atoms with Crippen molar-refractivity contribution in [2.24, 2.45) is 0 Å². The molecule has 0 unspecified atom stereocenters. The van der Waals surface area contributed by atoms with E-state index in [4.69, 9.17) is 0 Å². The predicted molar refractivity (Wildman–Crippen MR) is 43.4 cm³/mol. The van der Waals surface area contributed by atoms with E-state index in [1.807, 2.05) is 0 Å². The van der Waals surface area contributed by atoms with Crippen molar-refractivity contribution in [2.45, 2.75) is 6.92 Å². The third kappa shape index (κ3) is 2.94. The smallest absolute Gasteiger partial charge is 0.129 e. The van der Waals surface area contributed by atoms with Gasteiger partial charge in [0.05, 0.1) is 0 Å². The van der Waals surface area contributed by atoms with Gasteiger partial charge in [0, 0.05) is 5.57 Å². The van der Waals surface area contributed by atoms with Crippen LogP contribution in [0.5, 0.6) is 0 Å². The molecule has 0 aromatic rings. The van der Waals surface area contributed by atoms with Crippen LogP contribution in [-0.4, -0.2) is 0 Å². The molecule has 0 rings (SSSR count). The third-order valence-electron chi connectivity index (χ3n) is 1.16. The Morgan fingerprint density at radius 3 is 2.18 bits per heavy atom. The van der Waals surface area contributed by atoms with Gasteiger partial charge in [0.2, 0.25) is 0 Å². The summed E-state index contributed by atoms with van der Waals surface area (Å²) in [5, 5.41) is 0. The highest BCUT2D eigenvalue weighted by molar-refractivity contribution is 5.32. The van der Waals surface area contributed by atoms with E-state index in [2.05, 4.69) is 13.2 Å². The molecule has 0 heterocycles. The summed E-state index contributed by atoms with van der Waals surface area (Å²) >= 11 is 0. The van der Waals surface area contributed by atoms with Gasteiger partial charge in [-0.2, -0.15) is 0 Å². The van der Waals surface area contributed by atoms with E-state index in [0.717, 1.165) is 12.2 Å². The molecule has 0 spiro atoms. The van der Waals surface area contributed by atoms with Crippen LogP contribution in [0.15, 0.2) is 48.6 Å². The largest absolute Gasteiger partial charge is 0.207 e. The molecular formula is C9H10F2. The molecule has 0 N–H and O–H groups in total. The van der Waals surface area contributed by atoms with Crippen LogP contribution in [0.4, 0.5) is 8.78 Å². The van der Waals surface area contributed by atoms with Crippen molar-refractivity contribution in [2.75, 3.05) is 0 Å². The SMILES string of the molecule is C=C/C=C(F)\C(C)=C(\F)C=C. The predicted octanol–water partition coefficient (Wildman–Crippen LogP) is 3.46. The number of allylic oxidation sites excluding steroid dienone is 6. The maximum atomic E-state index is 12.7. The molecular weight excluding hydrogens is 146 g/mol. The second-order valence-electron chi connectivity index (χ2n) is 1.93. The van der Waals surface area contributed by atoms with Crippen molar-refractivity contribution >= 4 is 0 Å². The molecule has 0 amide bonds. The summed E-state index contributed by atoms with van der Waals surface area (Å²) in [4.78, 5) is 0. The second kappa shape index (κ2) is 4.61. The summed E-state index contributed by atoms with van der Waals surface area (Å²) in [5.41, 5.74) is -0.0556. The van der Waals surface area contributed by atoms with Gasteiger partial charge in [-0.25, -0.2) is 8.78 Å². The Morgan fingerprint density at radius 1 is 1.27 bits per heavy atom. The molecule has 0 aliphatic heterocycles. The van der Waals surface area contributed by atoms with E-state index in [9.17, 15) is 8.78 Å². The van der Waals surface area contributed by atoms with Gasteiger partial charge in [0.25, 0.3) is 0 Å². The van der Waals surface area contributed by atoms with Gasteiger partial charge in [0.15, 0.2) is 0 Å². The molecule has 11 heavy (non-hydrogen) atoms. The molecule has 0 nitrogen and oxygen atoms in total. The first kappa shape index (κ1) is 9.82. The zero-order valence-corrected chi connectivity index (χ0v) is 6.40. The Morgan fingerprint density at radius 2 is 1.82 bits per heavy atom. The number of hydrogen-bond acceptors (Lipinski definition) is 0. The minimum Gasteiger partial charge on any atom is -0.207 e. The van der Waals surface area contributed by atoms with Gasteiger partial charge < -0.3 is 0 Å². The fraction of sp³-hybridized carbons (Fsp3) is 0.111. The Balaban J connectivity index is 4.72. The average Bonchev–Trinajstić information content (AvgIpc) is 2.02. The van der Waals surface area contributed by atoms with Crippen LogP contribution in [0.25, 0.3) is 0 Å². The molecule has 0 aromatic heterocycles. The highest BCUT2D eigenvalue weighted by Crippen LogP contribution is 2.16. The Hall–Kier alpha value is -1.18. The molecule has 0 saturated heterocycles. The standard InChI is InChI=1S/C9H10F2/c1-4-6-9(11)7(3)8(10)5-2/h4-6H,1-2H2,3H3/b8-7+,9-6+. The highest BCUT2D eigenvalue weighted by Gasteiger charge is 2.01. The lowest BCUT2D eigenvalue weighted by atomic mass is 10.2. The Kier molecular flexibility index (Phi) is 4.11. The average molecular weight is 156 g/mol. The Bertz CT molecular complexity index is 222. The summed E-state index contributed by atoms with van der Waals surface area (Å²) in [6.45, 7) is 7.79. The zero-order valence-electron chi connectivity index (χ0n) is 6.40. The summed E-state index contributed by atoms with van der Waals surface area (Å²) in [6.07, 6.45) is 3.32. The second-order valence-corrected chi connectivity index (χ2v) is 1.93. The molecule has 2 heteroatoms. The van der Waals surface area contributed by atoms with E-state index >= 15 is 0 Å². The lowest BCUT2D eigenvalue weighted by Crippen LogP contribution is -1.79. The Labute approximate surface area is 65.2 Å². The molecule has 0 aromatic carbocycles. The fourth-order valence-electron chi connectivity index (χ4n) is 0.496. The quantitative estimate of drug-likeness (QED) is 0.549. The van der Waals surface area contributed by atoms with Crippen molar-refractivity contribution in [3.63, 3.8) is 0 Å². The van der Waals surface area contributed by atoms with Crippen molar-refractivity contribution in [1.82, 2.24) is 0 Å². The topological polar surface area (TPSA) is 0 Å². The lowest BCUT2D eigenvalue weighted by molar-refractivity contribution is 0.611. The monoisotopic (exact) mass is 156 g/mol. The molecule has 0 fully saturated rings. The van der Waals surface area contributed by atoms with Crippen molar-refractivity contribution in [3.05, 3.63) is 48.6 Å². The van der Waals surface area contributed by atoms with Crippen LogP contribution in [0.2, 0.25) is 0 Å². The summed E-state index contributed by atoms with van der Waals surface area (Å²) in [7, 11) is 0. The minimum absolute atomic E-state index is 0.0556. The molecule has 60 valence electrons. The van der Waals surface area contributed by atoms with Gasteiger partial charge in [-0.3, -0.25) is 0 Å². The maximum Gasteiger partial charge on any atom is 0.129 e. The molecule has 0 bridgehead atoms. The van der Waals surface area contributed by atoms with Crippen LogP contribution < -0.4 is 0 Å². The van der Waals surface area contributed by atoms with Crippen molar-refractivity contribution in [3.8, 4) is 0 Å². The molecule has 0 aliphatic carbocycles. The van der Waals surface area contributed by atoms with Crippen LogP contribution in [-0.2, 0) is 0 Å². The third-order valence-corrected chi connectivity index (χ3v) is 1.16. The lowest BCUT2D eigenvalue weighted by Gasteiger charge is -1.95. The van der Waals surface area contributed by atoms with Crippen LogP contribution >= 0.6 is 0 Å². The summed E-state index contributed by atoms with van der Waals surface area (Å²) in [6, 6.07) is 0. The first-order valence-electron chi connectivity index (χ1n) is 3.11. The van der Waals surface area contributed by atoms with Gasteiger partial charge in [0.1, 0.15) is 11.7 Å². The maximum absolute atomic E-state index is 12.7. The van der Waals surface area contributed by atoms with E-state index < -0.39 is 11.7 Å². The molecule has 0 saturated carbocycles. The summed E-state index contributed by atoms with van der Waals surface area (Å²) in [5.74, 6) is -1.28. The summed E-state index contributed by atoms with van der Waals surface area (Å²) < 4.78 is 25.2. The van der Waals surface area contributed by atoms with Crippen molar-refractivity contribution in [1.29, 1.82) is 0 Å². The van der Waals surface area contributed by atoms with E-state index in [1.165, 1.54) is 13.0 Å². The normalized spacial score (nSPS) is 13.9. The molecule has 0 aliphatic rings. The number of hydrogen-bond donors (Lipinski definition) is 0. The van der Waals surface area contributed by atoms with E-state index in [-0.39, 0.29) is 5.57 Å². The van der Waals surface area contributed by atoms with E-state index in [1.54, 1.807) is 0 Å².